The summed E-state index contributed by atoms with van der Waals surface area (Å²) in [6.45, 7) is 7.14. The fraction of sp³-hybridized carbons (Fsp3) is 0.667. The molecular weight excluding hydrogens is 262 g/mol. The van der Waals surface area contributed by atoms with E-state index in [0.717, 1.165) is 18.6 Å². The van der Waals surface area contributed by atoms with Crippen molar-refractivity contribution in [3.63, 3.8) is 0 Å². The molecule has 0 spiro atoms. The summed E-state index contributed by atoms with van der Waals surface area (Å²) in [6.07, 6.45) is 5.52. The van der Waals surface area contributed by atoms with Gasteiger partial charge in [-0.25, -0.2) is 0 Å². The van der Waals surface area contributed by atoms with Crippen LogP contribution in [0.1, 0.15) is 51.2 Å². The van der Waals surface area contributed by atoms with Crippen molar-refractivity contribution in [2.75, 3.05) is 13.2 Å². The van der Waals surface area contributed by atoms with Gasteiger partial charge in [-0.05, 0) is 62.3 Å². The van der Waals surface area contributed by atoms with Gasteiger partial charge in [-0.3, -0.25) is 0 Å². The summed E-state index contributed by atoms with van der Waals surface area (Å²) in [4.78, 5) is 0. The van der Waals surface area contributed by atoms with Crippen LogP contribution in [0.5, 0.6) is 5.75 Å². The Morgan fingerprint density at radius 2 is 2.05 bits per heavy atom. The average Bonchev–Trinajstić information content (AvgIpc) is 2.90. The third kappa shape index (κ3) is 4.72. The molecule has 2 rings (SSSR count). The van der Waals surface area contributed by atoms with Gasteiger partial charge in [-0.1, -0.05) is 19.9 Å². The molecule has 1 unspecified atom stereocenters. The van der Waals surface area contributed by atoms with E-state index in [9.17, 15) is 5.11 Å². The molecule has 1 aromatic carbocycles. The van der Waals surface area contributed by atoms with Crippen molar-refractivity contribution < 1.29 is 9.84 Å². The number of hydrogen-bond acceptors (Lipinski definition) is 3. The summed E-state index contributed by atoms with van der Waals surface area (Å²) in [5.41, 5.74) is 2.72. The highest BCUT2D eigenvalue weighted by Crippen LogP contribution is 2.26. The Bertz CT molecular complexity index is 459. The van der Waals surface area contributed by atoms with Gasteiger partial charge in [0.2, 0.25) is 0 Å². The highest BCUT2D eigenvalue weighted by Gasteiger charge is 2.23. The molecule has 1 aromatic rings. The van der Waals surface area contributed by atoms with E-state index in [1.807, 2.05) is 0 Å². The van der Waals surface area contributed by atoms with Gasteiger partial charge in [0.05, 0.1) is 13.2 Å². The zero-order chi connectivity index (χ0) is 15.3. The molecule has 3 heteroatoms. The van der Waals surface area contributed by atoms with Gasteiger partial charge >= 0.3 is 0 Å². The molecule has 1 aliphatic rings. The summed E-state index contributed by atoms with van der Waals surface area (Å²) in [5.74, 6) is 0.984. The van der Waals surface area contributed by atoms with Crippen LogP contribution in [0.3, 0.4) is 0 Å². The predicted octanol–water partition coefficient (Wildman–Crippen LogP) is 3.08. The van der Waals surface area contributed by atoms with E-state index < -0.39 is 0 Å². The van der Waals surface area contributed by atoms with Crippen molar-refractivity contribution in [1.29, 1.82) is 0 Å². The number of aliphatic hydroxyl groups excluding tert-OH is 1. The van der Waals surface area contributed by atoms with E-state index >= 15 is 0 Å². The molecule has 0 aromatic heterocycles. The third-order valence-electron chi connectivity index (χ3n) is 4.20. The zero-order valence-corrected chi connectivity index (χ0v) is 13.6. The largest absolute Gasteiger partial charge is 0.494 e. The third-order valence-corrected chi connectivity index (χ3v) is 4.20. The SMILES string of the molecule is CC(C)NC(C)(CO)CCCOc1ccc2c(c1)CCC2. The highest BCUT2D eigenvalue weighted by atomic mass is 16.5. The number of ether oxygens (including phenoxy) is 1. The Hall–Kier alpha value is -1.06. The number of aliphatic hydroxyl groups is 1. The molecule has 0 saturated heterocycles. The Labute approximate surface area is 128 Å². The van der Waals surface area contributed by atoms with Gasteiger partial charge in [0.15, 0.2) is 0 Å². The molecule has 0 fully saturated rings. The quantitative estimate of drug-likeness (QED) is 0.723. The Kier molecular flexibility index (Phi) is 5.65. The molecular formula is C18H29NO2. The van der Waals surface area contributed by atoms with Crippen molar-refractivity contribution >= 4 is 0 Å². The summed E-state index contributed by atoms with van der Waals surface area (Å²) in [7, 11) is 0. The van der Waals surface area contributed by atoms with Gasteiger partial charge < -0.3 is 15.2 Å². The average molecular weight is 291 g/mol. The maximum Gasteiger partial charge on any atom is 0.119 e. The minimum absolute atomic E-state index is 0.157. The van der Waals surface area contributed by atoms with Crippen LogP contribution in [0.15, 0.2) is 18.2 Å². The number of rotatable bonds is 8. The molecule has 0 saturated carbocycles. The fourth-order valence-electron chi connectivity index (χ4n) is 3.18. The van der Waals surface area contributed by atoms with Crippen LogP contribution in [0.4, 0.5) is 0 Å². The van der Waals surface area contributed by atoms with Crippen molar-refractivity contribution in [1.82, 2.24) is 5.32 Å². The number of hydrogen-bond donors (Lipinski definition) is 2. The molecule has 0 aliphatic heterocycles. The van der Waals surface area contributed by atoms with Gasteiger partial charge in [0.25, 0.3) is 0 Å². The summed E-state index contributed by atoms with van der Waals surface area (Å²) in [6, 6.07) is 6.86. The second-order valence-electron chi connectivity index (χ2n) is 6.75. The van der Waals surface area contributed by atoms with E-state index in [4.69, 9.17) is 4.74 Å². The second kappa shape index (κ2) is 7.28. The monoisotopic (exact) mass is 291 g/mol. The first kappa shape index (κ1) is 16.3. The lowest BCUT2D eigenvalue weighted by Gasteiger charge is -2.31. The van der Waals surface area contributed by atoms with Crippen LogP contribution in [-0.2, 0) is 12.8 Å². The van der Waals surface area contributed by atoms with E-state index in [2.05, 4.69) is 44.3 Å². The molecule has 0 amide bonds. The van der Waals surface area contributed by atoms with E-state index in [-0.39, 0.29) is 12.1 Å². The lowest BCUT2D eigenvalue weighted by Crippen LogP contribution is -2.49. The Morgan fingerprint density at radius 3 is 2.76 bits per heavy atom. The molecule has 0 heterocycles. The highest BCUT2D eigenvalue weighted by molar-refractivity contribution is 5.38. The molecule has 3 nitrogen and oxygen atoms in total. The Morgan fingerprint density at radius 1 is 1.29 bits per heavy atom. The second-order valence-corrected chi connectivity index (χ2v) is 6.75. The van der Waals surface area contributed by atoms with E-state index in [0.29, 0.717) is 12.6 Å². The van der Waals surface area contributed by atoms with Gasteiger partial charge in [-0.2, -0.15) is 0 Å². The van der Waals surface area contributed by atoms with Gasteiger partial charge in [-0.15, -0.1) is 0 Å². The molecule has 2 N–H and O–H groups in total. The maximum atomic E-state index is 9.55. The van der Waals surface area contributed by atoms with Crippen molar-refractivity contribution in [3.05, 3.63) is 29.3 Å². The molecule has 118 valence electrons. The molecule has 0 bridgehead atoms. The van der Waals surface area contributed by atoms with E-state index in [1.54, 1.807) is 0 Å². The molecule has 1 aliphatic carbocycles. The van der Waals surface area contributed by atoms with Crippen LogP contribution in [-0.4, -0.2) is 29.9 Å². The van der Waals surface area contributed by atoms with E-state index in [1.165, 1.54) is 30.4 Å². The smallest absolute Gasteiger partial charge is 0.119 e. The minimum atomic E-state index is -0.213. The zero-order valence-electron chi connectivity index (χ0n) is 13.6. The normalized spacial score (nSPS) is 16.8. The summed E-state index contributed by atoms with van der Waals surface area (Å²) < 4.78 is 5.87. The minimum Gasteiger partial charge on any atom is -0.494 e. The van der Waals surface area contributed by atoms with Gasteiger partial charge in [0, 0.05) is 11.6 Å². The lowest BCUT2D eigenvalue weighted by atomic mass is 9.96. The first-order valence-electron chi connectivity index (χ1n) is 8.15. The van der Waals surface area contributed by atoms with Crippen LogP contribution >= 0.6 is 0 Å². The van der Waals surface area contributed by atoms with Crippen LogP contribution in [0.2, 0.25) is 0 Å². The van der Waals surface area contributed by atoms with Gasteiger partial charge in [0.1, 0.15) is 5.75 Å². The number of nitrogens with one attached hydrogen (secondary N) is 1. The standard InChI is InChI=1S/C18H29NO2/c1-14(2)19-18(3,13-20)10-5-11-21-17-9-8-15-6-4-7-16(15)12-17/h8-9,12,14,19-20H,4-7,10-11,13H2,1-3H3. The number of fused-ring (bicyclic) bond motifs is 1. The Balaban J connectivity index is 1.76. The van der Waals surface area contributed by atoms with Crippen LogP contribution in [0.25, 0.3) is 0 Å². The topological polar surface area (TPSA) is 41.5 Å². The number of aryl methyl sites for hydroxylation is 2. The molecule has 0 radical (unpaired) electrons. The summed E-state index contributed by atoms with van der Waals surface area (Å²) in [5, 5.41) is 13.0. The van der Waals surface area contributed by atoms with Crippen molar-refractivity contribution in [2.24, 2.45) is 0 Å². The predicted molar refractivity (Wildman–Crippen MR) is 87.0 cm³/mol. The molecule has 21 heavy (non-hydrogen) atoms. The van der Waals surface area contributed by atoms with Crippen molar-refractivity contribution in [3.8, 4) is 5.75 Å². The van der Waals surface area contributed by atoms with Crippen LogP contribution in [0, 0.1) is 0 Å². The number of benzene rings is 1. The summed E-state index contributed by atoms with van der Waals surface area (Å²) >= 11 is 0. The fourth-order valence-corrected chi connectivity index (χ4v) is 3.18. The molecule has 1 atom stereocenters. The first-order valence-corrected chi connectivity index (χ1v) is 8.15. The first-order chi connectivity index (χ1) is 10.0. The van der Waals surface area contributed by atoms with Crippen LogP contribution < -0.4 is 10.1 Å². The van der Waals surface area contributed by atoms with Crippen molar-refractivity contribution in [2.45, 2.75) is 64.5 Å². The lowest BCUT2D eigenvalue weighted by molar-refractivity contribution is 0.147. The maximum absolute atomic E-state index is 9.55.